The van der Waals surface area contributed by atoms with Gasteiger partial charge < -0.3 is 10.0 Å². The molecule has 2 amide bonds. The van der Waals surface area contributed by atoms with E-state index in [0.29, 0.717) is 24.0 Å². The quantitative estimate of drug-likeness (QED) is 0.879. The van der Waals surface area contributed by atoms with Crippen molar-refractivity contribution in [3.63, 3.8) is 0 Å². The molecule has 23 heavy (non-hydrogen) atoms. The topological polar surface area (TPSA) is 95.4 Å². The van der Waals surface area contributed by atoms with Crippen molar-refractivity contribution in [3.05, 3.63) is 5.01 Å². The number of fused-ring (bicyclic) bond motifs is 1. The Labute approximate surface area is 139 Å². The van der Waals surface area contributed by atoms with Crippen LogP contribution in [-0.2, 0) is 11.2 Å². The standard InChI is InChI=1S/C15H22N4O3S/c1-9(2)6-11-17-18-13(23-11)16-14(22)19-7-10-4-3-5-15(10,8-19)12(20)21/h9-10H,3-8H2,1-2H3,(H,20,21)(H,16,18,22)/t10-,15+/m0/s1. The molecule has 1 aliphatic carbocycles. The summed E-state index contributed by atoms with van der Waals surface area (Å²) in [5, 5.41) is 21.8. The second-order valence-electron chi connectivity index (χ2n) is 6.96. The molecule has 0 aromatic carbocycles. The molecule has 2 heterocycles. The van der Waals surface area contributed by atoms with Gasteiger partial charge in [0.1, 0.15) is 5.01 Å². The van der Waals surface area contributed by atoms with Crippen LogP contribution in [0.1, 0.15) is 38.1 Å². The number of hydrogen-bond donors (Lipinski definition) is 2. The van der Waals surface area contributed by atoms with E-state index >= 15 is 0 Å². The number of carboxylic acid groups (broad SMARTS) is 1. The number of carbonyl (C=O) groups excluding carboxylic acids is 1. The minimum Gasteiger partial charge on any atom is -0.481 e. The van der Waals surface area contributed by atoms with E-state index in [-0.39, 0.29) is 18.5 Å². The van der Waals surface area contributed by atoms with Crippen LogP contribution in [0.25, 0.3) is 0 Å². The van der Waals surface area contributed by atoms with Crippen LogP contribution in [0.15, 0.2) is 0 Å². The lowest BCUT2D eigenvalue weighted by Crippen LogP contribution is -2.38. The van der Waals surface area contributed by atoms with Crippen LogP contribution in [0.4, 0.5) is 9.93 Å². The molecule has 1 aromatic rings. The third-order valence-electron chi connectivity index (χ3n) is 4.85. The van der Waals surface area contributed by atoms with E-state index in [2.05, 4.69) is 29.4 Å². The summed E-state index contributed by atoms with van der Waals surface area (Å²) in [7, 11) is 0. The number of rotatable bonds is 4. The van der Waals surface area contributed by atoms with E-state index in [9.17, 15) is 14.7 Å². The lowest BCUT2D eigenvalue weighted by molar-refractivity contribution is -0.149. The number of aliphatic carboxylic acids is 1. The fraction of sp³-hybridized carbons (Fsp3) is 0.733. The summed E-state index contributed by atoms with van der Waals surface area (Å²) in [5.41, 5.74) is -0.749. The Kier molecular flexibility index (Phi) is 4.27. The van der Waals surface area contributed by atoms with Crippen LogP contribution in [0, 0.1) is 17.3 Å². The van der Waals surface area contributed by atoms with E-state index < -0.39 is 11.4 Å². The van der Waals surface area contributed by atoms with Gasteiger partial charge in [-0.1, -0.05) is 31.6 Å². The number of amides is 2. The molecule has 2 atom stereocenters. The van der Waals surface area contributed by atoms with Crippen LogP contribution in [0.2, 0.25) is 0 Å². The van der Waals surface area contributed by atoms with E-state index in [4.69, 9.17) is 0 Å². The van der Waals surface area contributed by atoms with Crippen LogP contribution in [0.3, 0.4) is 0 Å². The summed E-state index contributed by atoms with van der Waals surface area (Å²) < 4.78 is 0. The summed E-state index contributed by atoms with van der Waals surface area (Å²) in [6.07, 6.45) is 3.31. The Hall–Kier alpha value is -1.70. The van der Waals surface area contributed by atoms with Crippen molar-refractivity contribution in [2.24, 2.45) is 17.3 Å². The number of nitrogens with zero attached hydrogens (tertiary/aromatic N) is 3. The SMILES string of the molecule is CC(C)Cc1nnc(NC(=O)N2C[C@@H]3CCC[C@@]3(C(=O)O)C2)s1. The van der Waals surface area contributed by atoms with E-state index in [1.807, 2.05) is 0 Å². The molecule has 1 aromatic heterocycles. The maximum Gasteiger partial charge on any atom is 0.323 e. The third kappa shape index (κ3) is 3.04. The Bertz CT molecular complexity index is 618. The number of nitrogens with one attached hydrogen (secondary N) is 1. The Morgan fingerprint density at radius 3 is 2.91 bits per heavy atom. The molecular weight excluding hydrogens is 316 g/mol. The average Bonchev–Trinajstić information content (AvgIpc) is 3.11. The normalized spacial score (nSPS) is 26.6. The zero-order valence-corrected chi connectivity index (χ0v) is 14.2. The highest BCUT2D eigenvalue weighted by atomic mass is 32.1. The van der Waals surface area contributed by atoms with Gasteiger partial charge in [0, 0.05) is 19.5 Å². The number of aromatic nitrogens is 2. The van der Waals surface area contributed by atoms with E-state index in [1.54, 1.807) is 4.90 Å². The predicted molar refractivity (Wildman–Crippen MR) is 86.5 cm³/mol. The minimum atomic E-state index is -0.773. The fourth-order valence-electron chi connectivity index (χ4n) is 3.70. The summed E-state index contributed by atoms with van der Waals surface area (Å²) in [6, 6.07) is -0.271. The smallest absolute Gasteiger partial charge is 0.323 e. The number of carboxylic acids is 1. The Balaban J connectivity index is 1.63. The number of anilines is 1. The first-order chi connectivity index (χ1) is 10.9. The first-order valence-corrected chi connectivity index (χ1v) is 8.84. The van der Waals surface area contributed by atoms with Gasteiger partial charge >= 0.3 is 12.0 Å². The van der Waals surface area contributed by atoms with Crippen molar-refractivity contribution in [1.82, 2.24) is 15.1 Å². The van der Waals surface area contributed by atoms with Crippen LogP contribution >= 0.6 is 11.3 Å². The molecule has 2 N–H and O–H groups in total. The van der Waals surface area contributed by atoms with Crippen molar-refractivity contribution >= 4 is 28.5 Å². The van der Waals surface area contributed by atoms with Gasteiger partial charge in [0.05, 0.1) is 5.41 Å². The predicted octanol–water partition coefficient (Wildman–Crippen LogP) is 2.46. The van der Waals surface area contributed by atoms with Crippen molar-refractivity contribution in [2.45, 2.75) is 39.5 Å². The molecule has 7 nitrogen and oxygen atoms in total. The maximum atomic E-state index is 12.4. The number of carbonyl (C=O) groups is 2. The molecule has 1 saturated carbocycles. The van der Waals surface area contributed by atoms with Crippen LogP contribution in [-0.4, -0.2) is 45.3 Å². The lowest BCUT2D eigenvalue weighted by Gasteiger charge is -2.23. The molecule has 1 aliphatic heterocycles. The van der Waals surface area contributed by atoms with Gasteiger partial charge in [-0.05, 0) is 24.7 Å². The van der Waals surface area contributed by atoms with Crippen molar-refractivity contribution in [1.29, 1.82) is 0 Å². The second-order valence-corrected chi connectivity index (χ2v) is 8.02. The highest BCUT2D eigenvalue weighted by molar-refractivity contribution is 7.15. The highest BCUT2D eigenvalue weighted by Crippen LogP contribution is 2.48. The molecule has 8 heteroatoms. The van der Waals surface area contributed by atoms with Crippen LogP contribution < -0.4 is 5.32 Å². The van der Waals surface area contributed by atoms with Crippen LogP contribution in [0.5, 0.6) is 0 Å². The van der Waals surface area contributed by atoms with E-state index in [0.717, 1.165) is 24.3 Å². The molecule has 0 spiro atoms. The summed E-state index contributed by atoms with van der Waals surface area (Å²) in [5.74, 6) is -0.220. The highest BCUT2D eigenvalue weighted by Gasteiger charge is 2.55. The first-order valence-electron chi connectivity index (χ1n) is 8.02. The number of likely N-dealkylation sites (tertiary alicyclic amines) is 1. The van der Waals surface area contributed by atoms with Gasteiger partial charge in [-0.15, -0.1) is 10.2 Å². The van der Waals surface area contributed by atoms with Gasteiger partial charge in [0.25, 0.3) is 0 Å². The number of urea groups is 1. The monoisotopic (exact) mass is 338 g/mol. The Morgan fingerprint density at radius 1 is 1.48 bits per heavy atom. The summed E-state index contributed by atoms with van der Waals surface area (Å²) in [6.45, 7) is 5.01. The van der Waals surface area contributed by atoms with Gasteiger partial charge in [-0.2, -0.15) is 0 Å². The molecule has 0 radical (unpaired) electrons. The maximum absolute atomic E-state index is 12.4. The number of hydrogen-bond acceptors (Lipinski definition) is 5. The van der Waals surface area contributed by atoms with Gasteiger partial charge in [-0.25, -0.2) is 4.79 Å². The minimum absolute atomic E-state index is 0.0664. The molecule has 2 fully saturated rings. The zero-order chi connectivity index (χ0) is 16.6. The van der Waals surface area contributed by atoms with Gasteiger partial charge in [0.2, 0.25) is 5.13 Å². The largest absolute Gasteiger partial charge is 0.481 e. The third-order valence-corrected chi connectivity index (χ3v) is 5.71. The fourth-order valence-corrected chi connectivity index (χ4v) is 4.64. The molecule has 2 aliphatic rings. The van der Waals surface area contributed by atoms with Gasteiger partial charge in [-0.3, -0.25) is 10.1 Å². The second kappa shape index (κ2) is 6.07. The molecule has 0 bridgehead atoms. The average molecular weight is 338 g/mol. The molecular formula is C15H22N4O3S. The lowest BCUT2D eigenvalue weighted by atomic mass is 9.81. The van der Waals surface area contributed by atoms with Gasteiger partial charge in [0.15, 0.2) is 0 Å². The summed E-state index contributed by atoms with van der Waals surface area (Å²) >= 11 is 1.38. The summed E-state index contributed by atoms with van der Waals surface area (Å²) in [4.78, 5) is 25.7. The molecule has 126 valence electrons. The molecule has 3 rings (SSSR count). The molecule has 0 unspecified atom stereocenters. The van der Waals surface area contributed by atoms with Crippen molar-refractivity contribution < 1.29 is 14.7 Å². The van der Waals surface area contributed by atoms with Crippen molar-refractivity contribution in [2.75, 3.05) is 18.4 Å². The first kappa shape index (κ1) is 16.2. The van der Waals surface area contributed by atoms with E-state index in [1.165, 1.54) is 11.3 Å². The van der Waals surface area contributed by atoms with Crippen molar-refractivity contribution in [3.8, 4) is 0 Å². The molecule has 1 saturated heterocycles. The Morgan fingerprint density at radius 2 is 2.26 bits per heavy atom. The zero-order valence-electron chi connectivity index (χ0n) is 13.4.